The van der Waals surface area contributed by atoms with Gasteiger partial charge in [0.15, 0.2) is 12.4 Å². The van der Waals surface area contributed by atoms with Crippen molar-refractivity contribution in [2.45, 2.75) is 34.1 Å². The molecule has 0 aliphatic heterocycles. The van der Waals surface area contributed by atoms with E-state index in [4.69, 9.17) is 4.74 Å². The maximum atomic E-state index is 11.7. The van der Waals surface area contributed by atoms with E-state index in [0.29, 0.717) is 11.3 Å². The number of ketones is 1. The van der Waals surface area contributed by atoms with Crippen LogP contribution in [-0.2, 0) is 14.3 Å². The van der Waals surface area contributed by atoms with Crippen LogP contribution in [0, 0.1) is 5.41 Å². The van der Waals surface area contributed by atoms with E-state index in [-0.39, 0.29) is 24.2 Å². The van der Waals surface area contributed by atoms with E-state index in [0.717, 1.165) is 0 Å². The van der Waals surface area contributed by atoms with Crippen LogP contribution in [0.2, 0.25) is 0 Å². The lowest BCUT2D eigenvalue weighted by Crippen LogP contribution is -2.23. The fraction of sp³-hybridized carbons (Fsp3) is 0.438. The summed E-state index contributed by atoms with van der Waals surface area (Å²) < 4.78 is 4.91. The molecule has 21 heavy (non-hydrogen) atoms. The van der Waals surface area contributed by atoms with Crippen LogP contribution < -0.4 is 5.32 Å². The van der Waals surface area contributed by atoms with Crippen molar-refractivity contribution in [3.05, 3.63) is 29.8 Å². The Bertz CT molecular complexity index is 543. The van der Waals surface area contributed by atoms with E-state index in [1.807, 2.05) is 20.8 Å². The first kappa shape index (κ1) is 16.9. The smallest absolute Gasteiger partial charge is 0.306 e. The summed E-state index contributed by atoms with van der Waals surface area (Å²) in [6.45, 7) is 6.87. The molecule has 0 unspecified atom stereocenters. The third-order valence-corrected chi connectivity index (χ3v) is 2.59. The van der Waals surface area contributed by atoms with Crippen molar-refractivity contribution in [1.82, 2.24) is 0 Å². The van der Waals surface area contributed by atoms with Crippen LogP contribution >= 0.6 is 0 Å². The fourth-order valence-electron chi connectivity index (χ4n) is 1.64. The maximum absolute atomic E-state index is 11.7. The third kappa shape index (κ3) is 6.70. The van der Waals surface area contributed by atoms with Gasteiger partial charge in [0.1, 0.15) is 0 Å². The zero-order valence-corrected chi connectivity index (χ0v) is 12.9. The summed E-state index contributed by atoms with van der Waals surface area (Å²) in [7, 11) is 0. The second kappa shape index (κ2) is 7.02. The Labute approximate surface area is 124 Å². The molecule has 0 spiro atoms. The Morgan fingerprint density at radius 2 is 1.86 bits per heavy atom. The lowest BCUT2D eigenvalue weighted by Gasteiger charge is -2.16. The van der Waals surface area contributed by atoms with Gasteiger partial charge < -0.3 is 10.1 Å². The zero-order chi connectivity index (χ0) is 16.0. The highest BCUT2D eigenvalue weighted by Gasteiger charge is 2.18. The molecule has 5 heteroatoms. The summed E-state index contributed by atoms with van der Waals surface area (Å²) in [6.07, 6.45) is 0.250. The van der Waals surface area contributed by atoms with Crippen molar-refractivity contribution in [2.75, 3.05) is 11.9 Å². The van der Waals surface area contributed by atoms with Gasteiger partial charge in [-0.15, -0.1) is 0 Å². The Kier molecular flexibility index (Phi) is 5.64. The van der Waals surface area contributed by atoms with E-state index < -0.39 is 11.9 Å². The van der Waals surface area contributed by atoms with Gasteiger partial charge in [0.25, 0.3) is 5.91 Å². The normalized spacial score (nSPS) is 10.9. The molecular weight excluding hydrogens is 270 g/mol. The number of Topliss-reactive ketones (excluding diaryl/α,β-unsaturated/α-hetero) is 1. The van der Waals surface area contributed by atoms with Gasteiger partial charge in [0.2, 0.25) is 0 Å². The first-order valence-electron chi connectivity index (χ1n) is 6.74. The maximum Gasteiger partial charge on any atom is 0.306 e. The monoisotopic (exact) mass is 291 g/mol. The van der Waals surface area contributed by atoms with E-state index in [2.05, 4.69) is 5.32 Å². The van der Waals surface area contributed by atoms with E-state index >= 15 is 0 Å². The van der Waals surface area contributed by atoms with Gasteiger partial charge in [0, 0.05) is 11.3 Å². The molecule has 114 valence electrons. The van der Waals surface area contributed by atoms with Crippen molar-refractivity contribution in [1.29, 1.82) is 0 Å². The summed E-state index contributed by atoms with van der Waals surface area (Å²) in [4.78, 5) is 34.5. The molecule has 1 amide bonds. The Balaban J connectivity index is 2.49. The number of carbonyl (C=O) groups excluding carboxylic acids is 3. The van der Waals surface area contributed by atoms with Crippen molar-refractivity contribution >= 4 is 23.3 Å². The van der Waals surface area contributed by atoms with Crippen LogP contribution in [0.15, 0.2) is 24.3 Å². The molecule has 0 atom stereocenters. The summed E-state index contributed by atoms with van der Waals surface area (Å²) >= 11 is 0. The Morgan fingerprint density at radius 3 is 2.43 bits per heavy atom. The van der Waals surface area contributed by atoms with Crippen LogP contribution in [0.5, 0.6) is 0 Å². The van der Waals surface area contributed by atoms with Crippen molar-refractivity contribution in [3.63, 3.8) is 0 Å². The molecule has 0 saturated heterocycles. The highest BCUT2D eigenvalue weighted by Crippen LogP contribution is 2.18. The largest absolute Gasteiger partial charge is 0.456 e. The summed E-state index contributed by atoms with van der Waals surface area (Å²) in [5, 5.41) is 2.59. The Morgan fingerprint density at radius 1 is 1.19 bits per heavy atom. The molecule has 1 aromatic rings. The van der Waals surface area contributed by atoms with Crippen molar-refractivity contribution in [3.8, 4) is 0 Å². The van der Waals surface area contributed by atoms with Gasteiger partial charge >= 0.3 is 5.97 Å². The number of anilines is 1. The fourth-order valence-corrected chi connectivity index (χ4v) is 1.64. The number of carbonyl (C=O) groups is 3. The molecule has 0 bridgehead atoms. The lowest BCUT2D eigenvalue weighted by molar-refractivity contribution is -0.149. The lowest BCUT2D eigenvalue weighted by atomic mass is 9.92. The minimum absolute atomic E-state index is 0.0808. The molecule has 0 radical (unpaired) electrons. The molecule has 0 aliphatic carbocycles. The number of hydrogen-bond donors (Lipinski definition) is 1. The van der Waals surface area contributed by atoms with Crippen LogP contribution in [0.4, 0.5) is 5.69 Å². The molecular formula is C16H21NO4. The number of benzene rings is 1. The molecule has 0 fully saturated rings. The summed E-state index contributed by atoms with van der Waals surface area (Å²) in [5.74, 6) is -0.921. The number of ether oxygens (including phenoxy) is 1. The average Bonchev–Trinajstić information content (AvgIpc) is 2.34. The molecule has 0 aliphatic rings. The SMILES string of the molecule is CC(=O)c1cccc(NC(=O)COC(=O)CC(C)(C)C)c1. The average molecular weight is 291 g/mol. The van der Waals surface area contributed by atoms with E-state index in [1.54, 1.807) is 24.3 Å². The van der Waals surface area contributed by atoms with Crippen LogP contribution in [0.25, 0.3) is 0 Å². The molecule has 1 rings (SSSR count). The second-order valence-electron chi connectivity index (χ2n) is 6.08. The molecule has 1 aromatic carbocycles. The molecule has 1 N–H and O–H groups in total. The summed E-state index contributed by atoms with van der Waals surface area (Å²) in [6, 6.07) is 6.60. The topological polar surface area (TPSA) is 72.5 Å². The van der Waals surface area contributed by atoms with Crippen LogP contribution in [0.3, 0.4) is 0 Å². The van der Waals surface area contributed by atoms with Crippen LogP contribution in [-0.4, -0.2) is 24.3 Å². The predicted molar refractivity (Wildman–Crippen MR) is 80.1 cm³/mol. The minimum Gasteiger partial charge on any atom is -0.456 e. The second-order valence-corrected chi connectivity index (χ2v) is 6.08. The van der Waals surface area contributed by atoms with Gasteiger partial charge in [0.05, 0.1) is 6.42 Å². The van der Waals surface area contributed by atoms with Crippen molar-refractivity contribution < 1.29 is 19.1 Å². The molecule has 0 saturated carbocycles. The van der Waals surface area contributed by atoms with Gasteiger partial charge in [-0.25, -0.2) is 0 Å². The Hall–Kier alpha value is -2.17. The van der Waals surface area contributed by atoms with Gasteiger partial charge in [-0.3, -0.25) is 14.4 Å². The molecule has 5 nitrogen and oxygen atoms in total. The quantitative estimate of drug-likeness (QED) is 0.669. The first-order chi connectivity index (χ1) is 9.67. The number of esters is 1. The van der Waals surface area contributed by atoms with Crippen LogP contribution in [0.1, 0.15) is 44.5 Å². The first-order valence-corrected chi connectivity index (χ1v) is 6.74. The number of nitrogens with one attached hydrogen (secondary N) is 1. The number of hydrogen-bond acceptors (Lipinski definition) is 4. The standard InChI is InChI=1S/C16H21NO4/c1-11(18)12-6-5-7-13(8-12)17-14(19)10-21-15(20)9-16(2,3)4/h5-8H,9-10H2,1-4H3,(H,17,19). The summed E-state index contributed by atoms with van der Waals surface area (Å²) in [5.41, 5.74) is 0.834. The molecule has 0 aromatic heterocycles. The minimum atomic E-state index is -0.432. The van der Waals surface area contributed by atoms with Crippen molar-refractivity contribution in [2.24, 2.45) is 5.41 Å². The molecule has 0 heterocycles. The van der Waals surface area contributed by atoms with E-state index in [9.17, 15) is 14.4 Å². The van der Waals surface area contributed by atoms with E-state index in [1.165, 1.54) is 6.92 Å². The number of rotatable bonds is 5. The number of amides is 1. The van der Waals surface area contributed by atoms with Gasteiger partial charge in [-0.1, -0.05) is 32.9 Å². The third-order valence-electron chi connectivity index (χ3n) is 2.59. The highest BCUT2D eigenvalue weighted by atomic mass is 16.5. The predicted octanol–water partition coefficient (Wildman–Crippen LogP) is 2.81. The van der Waals surface area contributed by atoms with Gasteiger partial charge in [-0.2, -0.15) is 0 Å². The highest BCUT2D eigenvalue weighted by molar-refractivity contribution is 5.97. The zero-order valence-electron chi connectivity index (χ0n) is 12.9. The van der Waals surface area contributed by atoms with Gasteiger partial charge in [-0.05, 0) is 24.5 Å².